The molecule has 6 nitrogen and oxygen atoms in total. The summed E-state index contributed by atoms with van der Waals surface area (Å²) in [5.74, 6) is -1.67. The number of hydrogen-bond donors (Lipinski definition) is 3. The highest BCUT2D eigenvalue weighted by Crippen LogP contribution is 2.25. The summed E-state index contributed by atoms with van der Waals surface area (Å²) in [7, 11) is 1.55. The highest BCUT2D eigenvalue weighted by Gasteiger charge is 2.20. The van der Waals surface area contributed by atoms with Gasteiger partial charge in [0.2, 0.25) is 0 Å². The van der Waals surface area contributed by atoms with Gasteiger partial charge >= 0.3 is 11.9 Å². The molecule has 0 spiro atoms. The number of ether oxygens (including phenoxy) is 1. The summed E-state index contributed by atoms with van der Waals surface area (Å²) in [6.07, 6.45) is -0.466. The lowest BCUT2D eigenvalue weighted by Gasteiger charge is -2.13. The van der Waals surface area contributed by atoms with Crippen LogP contribution in [0.4, 0.5) is 0 Å². The van der Waals surface area contributed by atoms with Gasteiger partial charge in [0.1, 0.15) is 11.8 Å². The molecule has 0 bridgehead atoms. The van der Waals surface area contributed by atoms with E-state index in [0.717, 1.165) is 10.0 Å². The van der Waals surface area contributed by atoms with Crippen LogP contribution in [0.2, 0.25) is 0 Å². The quantitative estimate of drug-likeness (QED) is 0.700. The van der Waals surface area contributed by atoms with E-state index >= 15 is 0 Å². The monoisotopic (exact) mass is 331 g/mol. The minimum absolute atomic E-state index is 0.257. The van der Waals surface area contributed by atoms with Gasteiger partial charge in [-0.15, -0.1) is 0 Å². The molecule has 1 atom stereocenters. The Morgan fingerprint density at radius 1 is 1.42 bits per heavy atom. The smallest absolute Gasteiger partial charge is 0.321 e. The molecule has 0 aliphatic rings. The summed E-state index contributed by atoms with van der Waals surface area (Å²) >= 11 is 3.32. The summed E-state index contributed by atoms with van der Waals surface area (Å²) in [6.45, 7) is 0.257. The fourth-order valence-corrected chi connectivity index (χ4v) is 2.07. The Kier molecular flexibility index (Phi) is 5.78. The van der Waals surface area contributed by atoms with E-state index in [4.69, 9.17) is 14.9 Å². The Balaban J connectivity index is 2.66. The van der Waals surface area contributed by atoms with Crippen molar-refractivity contribution in [3.63, 3.8) is 0 Å². The first-order valence-corrected chi connectivity index (χ1v) is 6.23. The lowest BCUT2D eigenvalue weighted by molar-refractivity contribution is -0.146. The van der Waals surface area contributed by atoms with E-state index in [9.17, 15) is 9.59 Å². The second-order valence-electron chi connectivity index (χ2n) is 3.84. The number of hydrogen-bond acceptors (Lipinski definition) is 4. The number of rotatable bonds is 7. The summed E-state index contributed by atoms with van der Waals surface area (Å²) in [4.78, 5) is 21.4. The SMILES string of the molecule is COc1ccc(CNC(CC(=O)O)C(=O)O)cc1Br. The van der Waals surface area contributed by atoms with E-state index in [1.807, 2.05) is 0 Å². The highest BCUT2D eigenvalue weighted by molar-refractivity contribution is 9.10. The maximum absolute atomic E-state index is 10.9. The van der Waals surface area contributed by atoms with Gasteiger partial charge in [-0.1, -0.05) is 6.07 Å². The first kappa shape index (κ1) is 15.5. The minimum Gasteiger partial charge on any atom is -0.496 e. The summed E-state index contributed by atoms with van der Waals surface area (Å²) < 4.78 is 5.83. The van der Waals surface area contributed by atoms with Crippen LogP contribution in [-0.2, 0) is 16.1 Å². The normalized spacial score (nSPS) is 11.9. The fraction of sp³-hybridized carbons (Fsp3) is 0.333. The third-order valence-corrected chi connectivity index (χ3v) is 3.07. The highest BCUT2D eigenvalue weighted by atomic mass is 79.9. The predicted molar refractivity (Wildman–Crippen MR) is 71.2 cm³/mol. The van der Waals surface area contributed by atoms with Gasteiger partial charge in [0.05, 0.1) is 18.0 Å². The van der Waals surface area contributed by atoms with E-state index in [2.05, 4.69) is 21.2 Å². The number of halogens is 1. The number of carboxylic acids is 2. The van der Waals surface area contributed by atoms with Crippen LogP contribution in [0.1, 0.15) is 12.0 Å². The minimum atomic E-state index is -1.19. The topological polar surface area (TPSA) is 95.9 Å². The van der Waals surface area contributed by atoms with E-state index in [-0.39, 0.29) is 6.54 Å². The van der Waals surface area contributed by atoms with Gasteiger partial charge in [0.15, 0.2) is 0 Å². The van der Waals surface area contributed by atoms with Crippen molar-refractivity contribution in [2.24, 2.45) is 0 Å². The molecule has 1 aromatic carbocycles. The van der Waals surface area contributed by atoms with Gasteiger partial charge in [0, 0.05) is 6.54 Å². The van der Waals surface area contributed by atoms with Crippen molar-refractivity contribution < 1.29 is 24.5 Å². The van der Waals surface area contributed by atoms with E-state index in [0.29, 0.717) is 5.75 Å². The third kappa shape index (κ3) is 4.88. The zero-order valence-corrected chi connectivity index (χ0v) is 11.8. The second-order valence-corrected chi connectivity index (χ2v) is 4.69. The van der Waals surface area contributed by atoms with Crippen LogP contribution >= 0.6 is 15.9 Å². The standard InChI is InChI=1S/C12H14BrNO5/c1-19-10-3-2-7(4-8(10)13)6-14-9(12(17)18)5-11(15)16/h2-4,9,14H,5-6H2,1H3,(H,15,16)(H,17,18). The van der Waals surface area contributed by atoms with Gasteiger partial charge in [-0.2, -0.15) is 0 Å². The molecule has 0 amide bonds. The first-order chi connectivity index (χ1) is 8.93. The van der Waals surface area contributed by atoms with Crippen molar-refractivity contribution in [1.82, 2.24) is 5.32 Å². The zero-order valence-electron chi connectivity index (χ0n) is 10.2. The number of carboxylic acid groups (broad SMARTS) is 2. The molecule has 1 unspecified atom stereocenters. The Morgan fingerprint density at radius 3 is 2.58 bits per heavy atom. The van der Waals surface area contributed by atoms with E-state index in [1.165, 1.54) is 0 Å². The van der Waals surface area contributed by atoms with Gasteiger partial charge in [0.25, 0.3) is 0 Å². The molecule has 0 heterocycles. The summed E-state index contributed by atoms with van der Waals surface area (Å²) in [5.41, 5.74) is 0.823. The van der Waals surface area contributed by atoms with Gasteiger partial charge in [-0.05, 0) is 33.6 Å². The van der Waals surface area contributed by atoms with Gasteiger partial charge < -0.3 is 14.9 Å². The molecule has 3 N–H and O–H groups in total. The van der Waals surface area contributed by atoms with Crippen molar-refractivity contribution in [2.45, 2.75) is 19.0 Å². The second kappa shape index (κ2) is 7.10. The van der Waals surface area contributed by atoms with Gasteiger partial charge in [-0.3, -0.25) is 14.9 Å². The average Bonchev–Trinajstić information content (AvgIpc) is 2.34. The summed E-state index contributed by atoms with van der Waals surface area (Å²) in [6, 6.07) is 4.19. The molecule has 0 radical (unpaired) electrons. The Hall–Kier alpha value is -1.60. The first-order valence-electron chi connectivity index (χ1n) is 5.44. The van der Waals surface area contributed by atoms with Crippen LogP contribution < -0.4 is 10.1 Å². The van der Waals surface area contributed by atoms with E-state index in [1.54, 1.807) is 25.3 Å². The van der Waals surface area contributed by atoms with Gasteiger partial charge in [-0.25, -0.2) is 0 Å². The maximum atomic E-state index is 10.9. The van der Waals surface area contributed by atoms with E-state index < -0.39 is 24.4 Å². The van der Waals surface area contributed by atoms with Crippen molar-refractivity contribution >= 4 is 27.9 Å². The molecule has 1 rings (SSSR count). The molecule has 0 aliphatic carbocycles. The molecular formula is C12H14BrNO5. The zero-order chi connectivity index (χ0) is 14.4. The molecule has 0 aliphatic heterocycles. The molecule has 0 fully saturated rings. The molecule has 0 saturated heterocycles. The van der Waals surface area contributed by atoms with Crippen LogP contribution in [0.3, 0.4) is 0 Å². The maximum Gasteiger partial charge on any atom is 0.321 e. The third-order valence-electron chi connectivity index (χ3n) is 2.45. The predicted octanol–water partition coefficient (Wildman–Crippen LogP) is 1.48. The molecule has 0 aromatic heterocycles. The number of carbonyl (C=O) groups is 2. The van der Waals surface area contributed by atoms with Crippen LogP contribution in [0.25, 0.3) is 0 Å². The molecule has 7 heteroatoms. The largest absolute Gasteiger partial charge is 0.496 e. The molecule has 1 aromatic rings. The Morgan fingerprint density at radius 2 is 2.11 bits per heavy atom. The van der Waals surface area contributed by atoms with Crippen molar-refractivity contribution in [3.8, 4) is 5.75 Å². The van der Waals surface area contributed by atoms with Crippen LogP contribution in [0.5, 0.6) is 5.75 Å². The Labute approximate surface area is 118 Å². The molecular weight excluding hydrogens is 318 g/mol. The van der Waals surface area contributed by atoms with Crippen LogP contribution in [-0.4, -0.2) is 35.3 Å². The molecule has 104 valence electrons. The number of methoxy groups -OCH3 is 1. The summed E-state index contributed by atoms with van der Waals surface area (Å²) in [5, 5.41) is 20.2. The molecule has 0 saturated carbocycles. The van der Waals surface area contributed by atoms with Crippen molar-refractivity contribution in [1.29, 1.82) is 0 Å². The number of aliphatic carboxylic acids is 2. The van der Waals surface area contributed by atoms with Crippen LogP contribution in [0.15, 0.2) is 22.7 Å². The fourth-order valence-electron chi connectivity index (χ4n) is 1.48. The Bertz CT molecular complexity index is 477. The molecule has 19 heavy (non-hydrogen) atoms. The van der Waals surface area contributed by atoms with Crippen LogP contribution in [0, 0.1) is 0 Å². The lowest BCUT2D eigenvalue weighted by Crippen LogP contribution is -2.38. The average molecular weight is 332 g/mol. The van der Waals surface area contributed by atoms with Crippen molar-refractivity contribution in [3.05, 3.63) is 28.2 Å². The number of nitrogens with one attached hydrogen (secondary N) is 1. The number of benzene rings is 1. The lowest BCUT2D eigenvalue weighted by atomic mass is 10.1. The van der Waals surface area contributed by atoms with Crippen molar-refractivity contribution in [2.75, 3.05) is 7.11 Å².